The van der Waals surface area contributed by atoms with Gasteiger partial charge in [0.15, 0.2) is 0 Å². The van der Waals surface area contributed by atoms with Gasteiger partial charge in [-0.2, -0.15) is 0 Å². The van der Waals surface area contributed by atoms with Gasteiger partial charge in [-0.05, 0) is 23.4 Å². The third-order valence-corrected chi connectivity index (χ3v) is 4.52. The molecular weight excluding hydrogens is 268 g/mol. The number of thiophene rings is 1. The van der Waals surface area contributed by atoms with Gasteiger partial charge in [0.05, 0.1) is 5.69 Å². The van der Waals surface area contributed by atoms with E-state index in [1.54, 1.807) is 18.3 Å². The molecule has 1 amide bonds. The molecule has 20 heavy (non-hydrogen) atoms. The van der Waals surface area contributed by atoms with Crippen LogP contribution in [-0.2, 0) is 11.3 Å². The fraction of sp³-hybridized carbons (Fsp3) is 0.312. The third kappa shape index (κ3) is 3.08. The van der Waals surface area contributed by atoms with Crippen molar-refractivity contribution >= 4 is 22.9 Å². The van der Waals surface area contributed by atoms with Gasteiger partial charge in [-0.1, -0.05) is 30.3 Å². The van der Waals surface area contributed by atoms with Gasteiger partial charge in [0.25, 0.3) is 0 Å². The number of carbonyl (C=O) groups is 1. The number of anilines is 1. The summed E-state index contributed by atoms with van der Waals surface area (Å²) in [6, 6.07) is 13.2. The van der Waals surface area contributed by atoms with Gasteiger partial charge >= 0.3 is 0 Å². The van der Waals surface area contributed by atoms with Crippen LogP contribution < -0.4 is 10.6 Å². The summed E-state index contributed by atoms with van der Waals surface area (Å²) in [6.45, 7) is 2.36. The zero-order valence-electron chi connectivity index (χ0n) is 11.4. The van der Waals surface area contributed by atoms with Crippen LogP contribution in [0.4, 0.5) is 5.69 Å². The van der Waals surface area contributed by atoms with E-state index in [4.69, 9.17) is 0 Å². The van der Waals surface area contributed by atoms with E-state index in [2.05, 4.69) is 41.0 Å². The molecule has 1 aromatic carbocycles. The molecule has 1 aliphatic rings. The molecule has 104 valence electrons. The van der Waals surface area contributed by atoms with Crippen LogP contribution in [0.15, 0.2) is 41.8 Å². The summed E-state index contributed by atoms with van der Waals surface area (Å²) in [4.78, 5) is 12.3. The Morgan fingerprint density at radius 1 is 1.30 bits per heavy atom. The maximum Gasteiger partial charge on any atom is 0.221 e. The van der Waals surface area contributed by atoms with Crippen molar-refractivity contribution in [3.05, 3.63) is 52.2 Å². The van der Waals surface area contributed by atoms with Crippen molar-refractivity contribution in [1.82, 2.24) is 5.32 Å². The highest BCUT2D eigenvalue weighted by atomic mass is 32.1. The van der Waals surface area contributed by atoms with Crippen LogP contribution in [-0.4, -0.2) is 11.9 Å². The molecule has 0 radical (unpaired) electrons. The predicted octanol–water partition coefficient (Wildman–Crippen LogP) is 3.35. The van der Waals surface area contributed by atoms with Crippen LogP contribution in [0, 0.1) is 0 Å². The number of carbonyl (C=O) groups excluding carboxylic acids is 1. The monoisotopic (exact) mass is 286 g/mol. The molecule has 1 saturated carbocycles. The summed E-state index contributed by atoms with van der Waals surface area (Å²) in [5, 5.41) is 8.47. The van der Waals surface area contributed by atoms with Crippen molar-refractivity contribution in [3.63, 3.8) is 0 Å². The summed E-state index contributed by atoms with van der Waals surface area (Å²) in [6.07, 6.45) is 1.20. The average molecular weight is 286 g/mol. The standard InChI is InChI=1S/C16H18N2OS/c1-11(19)18-14-7-8-20-16(14)10-17-15-9-13(15)12-5-3-2-4-6-12/h2-8,13,15,17H,9-10H2,1H3,(H,18,19). The molecule has 4 heteroatoms. The van der Waals surface area contributed by atoms with Gasteiger partial charge in [-0.25, -0.2) is 0 Å². The van der Waals surface area contributed by atoms with E-state index in [1.807, 2.05) is 11.4 Å². The summed E-state index contributed by atoms with van der Waals surface area (Å²) in [5.41, 5.74) is 2.35. The highest BCUT2D eigenvalue weighted by Crippen LogP contribution is 2.41. The van der Waals surface area contributed by atoms with Crippen LogP contribution in [0.25, 0.3) is 0 Å². The predicted molar refractivity (Wildman–Crippen MR) is 83.1 cm³/mol. The summed E-state index contributed by atoms with van der Waals surface area (Å²) in [7, 11) is 0. The van der Waals surface area contributed by atoms with E-state index in [0.717, 1.165) is 12.2 Å². The number of rotatable bonds is 5. The first-order chi connectivity index (χ1) is 9.74. The highest BCUT2D eigenvalue weighted by Gasteiger charge is 2.37. The maximum absolute atomic E-state index is 11.1. The first-order valence-electron chi connectivity index (χ1n) is 6.86. The van der Waals surface area contributed by atoms with Crippen molar-refractivity contribution in [2.24, 2.45) is 0 Å². The molecule has 3 rings (SSSR count). The molecule has 2 atom stereocenters. The Balaban J connectivity index is 1.54. The van der Waals surface area contributed by atoms with Crippen LogP contribution >= 0.6 is 11.3 Å². The van der Waals surface area contributed by atoms with Gasteiger partial charge in [0.1, 0.15) is 0 Å². The Morgan fingerprint density at radius 2 is 2.10 bits per heavy atom. The van der Waals surface area contributed by atoms with Crippen molar-refractivity contribution in [1.29, 1.82) is 0 Å². The molecule has 0 spiro atoms. The lowest BCUT2D eigenvalue weighted by molar-refractivity contribution is -0.114. The Bertz CT molecular complexity index is 594. The van der Waals surface area contributed by atoms with Crippen LogP contribution in [0.5, 0.6) is 0 Å². The lowest BCUT2D eigenvalue weighted by Crippen LogP contribution is -2.18. The molecule has 1 heterocycles. The molecule has 2 aromatic rings. The van der Waals surface area contributed by atoms with E-state index in [-0.39, 0.29) is 5.91 Å². The van der Waals surface area contributed by atoms with Crippen molar-refractivity contribution < 1.29 is 4.79 Å². The van der Waals surface area contributed by atoms with E-state index >= 15 is 0 Å². The highest BCUT2D eigenvalue weighted by molar-refractivity contribution is 7.10. The number of amides is 1. The minimum atomic E-state index is -0.0155. The SMILES string of the molecule is CC(=O)Nc1ccsc1CNC1CC1c1ccccc1. The van der Waals surface area contributed by atoms with Crippen molar-refractivity contribution in [2.75, 3.05) is 5.32 Å². The first kappa shape index (κ1) is 13.3. The second-order valence-corrected chi connectivity index (χ2v) is 6.18. The average Bonchev–Trinajstić information content (AvgIpc) is 3.10. The Kier molecular flexibility index (Phi) is 3.85. The fourth-order valence-electron chi connectivity index (χ4n) is 2.49. The molecular formula is C16H18N2OS. The smallest absolute Gasteiger partial charge is 0.221 e. The van der Waals surface area contributed by atoms with Gasteiger partial charge < -0.3 is 10.6 Å². The minimum Gasteiger partial charge on any atom is -0.325 e. The molecule has 3 nitrogen and oxygen atoms in total. The Labute approximate surface area is 123 Å². The molecule has 0 aliphatic heterocycles. The molecule has 0 bridgehead atoms. The Morgan fingerprint density at radius 3 is 2.85 bits per heavy atom. The largest absolute Gasteiger partial charge is 0.325 e. The Hall–Kier alpha value is -1.65. The normalized spacial score (nSPS) is 20.6. The minimum absolute atomic E-state index is 0.0155. The zero-order chi connectivity index (χ0) is 13.9. The molecule has 2 N–H and O–H groups in total. The number of hydrogen-bond donors (Lipinski definition) is 2. The first-order valence-corrected chi connectivity index (χ1v) is 7.74. The number of benzene rings is 1. The second-order valence-electron chi connectivity index (χ2n) is 5.18. The number of hydrogen-bond acceptors (Lipinski definition) is 3. The molecule has 1 fully saturated rings. The van der Waals surface area contributed by atoms with E-state index in [9.17, 15) is 4.79 Å². The molecule has 2 unspecified atom stereocenters. The topological polar surface area (TPSA) is 41.1 Å². The van der Waals surface area contributed by atoms with E-state index < -0.39 is 0 Å². The third-order valence-electron chi connectivity index (χ3n) is 3.60. The van der Waals surface area contributed by atoms with Gasteiger partial charge in [0, 0.05) is 30.3 Å². The van der Waals surface area contributed by atoms with E-state index in [0.29, 0.717) is 12.0 Å². The second kappa shape index (κ2) is 5.77. The van der Waals surface area contributed by atoms with Gasteiger partial charge in [-0.3, -0.25) is 4.79 Å². The van der Waals surface area contributed by atoms with Crippen molar-refractivity contribution in [3.8, 4) is 0 Å². The van der Waals surface area contributed by atoms with Crippen molar-refractivity contribution in [2.45, 2.75) is 31.8 Å². The van der Waals surface area contributed by atoms with Crippen LogP contribution in [0.3, 0.4) is 0 Å². The number of nitrogens with one attached hydrogen (secondary N) is 2. The molecule has 1 aliphatic carbocycles. The fourth-order valence-corrected chi connectivity index (χ4v) is 3.27. The lowest BCUT2D eigenvalue weighted by Gasteiger charge is -2.06. The summed E-state index contributed by atoms with van der Waals surface area (Å²) < 4.78 is 0. The lowest BCUT2D eigenvalue weighted by atomic mass is 10.1. The van der Waals surface area contributed by atoms with E-state index in [1.165, 1.54) is 16.9 Å². The zero-order valence-corrected chi connectivity index (χ0v) is 12.2. The van der Waals surface area contributed by atoms with Gasteiger partial charge in [0.2, 0.25) is 5.91 Å². The van der Waals surface area contributed by atoms with Crippen LogP contribution in [0.2, 0.25) is 0 Å². The van der Waals surface area contributed by atoms with Crippen LogP contribution in [0.1, 0.15) is 29.7 Å². The quantitative estimate of drug-likeness (QED) is 0.885. The maximum atomic E-state index is 11.1. The van der Waals surface area contributed by atoms with Gasteiger partial charge in [-0.15, -0.1) is 11.3 Å². The molecule has 1 aromatic heterocycles. The summed E-state index contributed by atoms with van der Waals surface area (Å²) in [5.74, 6) is 0.624. The summed E-state index contributed by atoms with van der Waals surface area (Å²) >= 11 is 1.68. The molecule has 0 saturated heterocycles.